The van der Waals surface area contributed by atoms with E-state index in [2.05, 4.69) is 5.32 Å². The molecule has 0 aliphatic carbocycles. The Morgan fingerprint density at radius 2 is 2.15 bits per heavy atom. The molecule has 1 aliphatic heterocycles. The van der Waals surface area contributed by atoms with E-state index in [0.717, 1.165) is 24.3 Å². The minimum Gasteiger partial charge on any atom is -0.450 e. The van der Waals surface area contributed by atoms with Crippen LogP contribution in [-0.2, 0) is 9.53 Å². The molecule has 134 valence electrons. The minimum absolute atomic E-state index is 0.000361. The molecule has 0 spiro atoms. The van der Waals surface area contributed by atoms with Crippen LogP contribution in [0.15, 0.2) is 56.4 Å². The summed E-state index contributed by atoms with van der Waals surface area (Å²) in [4.78, 5) is 13.1. The monoisotopic (exact) mass is 388 g/mol. The maximum Gasteiger partial charge on any atom is 0.262 e. The molecule has 5 nitrogen and oxygen atoms in total. The summed E-state index contributed by atoms with van der Waals surface area (Å²) in [6.45, 7) is 1.13. The maximum atomic E-state index is 12.1. The quantitative estimate of drug-likeness (QED) is 0.590. The Morgan fingerprint density at radius 3 is 2.85 bits per heavy atom. The van der Waals surface area contributed by atoms with Crippen LogP contribution in [0.2, 0.25) is 5.02 Å². The van der Waals surface area contributed by atoms with Crippen LogP contribution in [0.5, 0.6) is 0 Å². The van der Waals surface area contributed by atoms with Gasteiger partial charge in [0.05, 0.1) is 6.10 Å². The summed E-state index contributed by atoms with van der Waals surface area (Å²) in [5, 5.41) is 13.3. The minimum atomic E-state index is -0.425. The molecule has 1 N–H and O–H groups in total. The highest BCUT2D eigenvalue weighted by molar-refractivity contribution is 7.99. The van der Waals surface area contributed by atoms with E-state index in [9.17, 15) is 10.1 Å². The lowest BCUT2D eigenvalue weighted by Crippen LogP contribution is -2.32. The molecule has 7 heteroatoms. The summed E-state index contributed by atoms with van der Waals surface area (Å²) in [5.74, 6) is 0.0246. The zero-order chi connectivity index (χ0) is 18.4. The van der Waals surface area contributed by atoms with Crippen LogP contribution in [0.1, 0.15) is 18.6 Å². The van der Waals surface area contributed by atoms with Crippen LogP contribution in [0.25, 0.3) is 6.08 Å². The second-order valence-electron chi connectivity index (χ2n) is 5.73. The number of ether oxygens (including phenoxy) is 1. The van der Waals surface area contributed by atoms with Gasteiger partial charge in [0, 0.05) is 29.1 Å². The van der Waals surface area contributed by atoms with E-state index in [-0.39, 0.29) is 11.7 Å². The van der Waals surface area contributed by atoms with Crippen molar-refractivity contribution in [3.05, 3.63) is 52.8 Å². The van der Waals surface area contributed by atoms with Crippen molar-refractivity contribution in [2.75, 3.05) is 13.2 Å². The molecule has 0 bridgehead atoms. The summed E-state index contributed by atoms with van der Waals surface area (Å²) >= 11 is 7.30. The molecule has 0 radical (unpaired) electrons. The molecule has 1 fully saturated rings. The molecular weight excluding hydrogens is 372 g/mol. The largest absolute Gasteiger partial charge is 0.450 e. The first-order chi connectivity index (χ1) is 12.6. The first kappa shape index (κ1) is 18.6. The van der Waals surface area contributed by atoms with Crippen LogP contribution in [0.4, 0.5) is 0 Å². The van der Waals surface area contributed by atoms with Gasteiger partial charge in [-0.15, -0.1) is 0 Å². The van der Waals surface area contributed by atoms with Crippen LogP contribution in [0.3, 0.4) is 0 Å². The fourth-order valence-corrected chi connectivity index (χ4v) is 3.39. The fourth-order valence-electron chi connectivity index (χ4n) is 2.48. The Morgan fingerprint density at radius 1 is 1.35 bits per heavy atom. The van der Waals surface area contributed by atoms with Gasteiger partial charge in [0.15, 0.2) is 5.09 Å². The van der Waals surface area contributed by atoms with Crippen molar-refractivity contribution in [2.24, 2.45) is 0 Å². The van der Waals surface area contributed by atoms with Gasteiger partial charge in [-0.05, 0) is 49.2 Å². The Bertz CT molecular complexity index is 833. The zero-order valence-corrected chi connectivity index (χ0v) is 15.5. The number of hydrogen-bond donors (Lipinski definition) is 1. The normalized spacial score (nSPS) is 17.1. The van der Waals surface area contributed by atoms with Crippen molar-refractivity contribution in [3.8, 4) is 6.07 Å². The highest BCUT2D eigenvalue weighted by atomic mass is 35.5. The van der Waals surface area contributed by atoms with Crippen molar-refractivity contribution in [2.45, 2.75) is 28.9 Å². The van der Waals surface area contributed by atoms with Gasteiger partial charge in [0.25, 0.3) is 5.91 Å². The molecule has 1 aromatic carbocycles. The predicted molar refractivity (Wildman–Crippen MR) is 99.9 cm³/mol. The molecule has 1 aromatic heterocycles. The Balaban J connectivity index is 1.61. The number of hydrogen-bond acceptors (Lipinski definition) is 5. The van der Waals surface area contributed by atoms with Gasteiger partial charge in [0.2, 0.25) is 0 Å². The number of benzene rings is 1. The molecular formula is C19H17ClN2O3S. The number of carbonyl (C=O) groups is 1. The number of nitrogens with one attached hydrogen (secondary N) is 1. The molecule has 26 heavy (non-hydrogen) atoms. The van der Waals surface area contributed by atoms with Gasteiger partial charge >= 0.3 is 0 Å². The van der Waals surface area contributed by atoms with Crippen LogP contribution >= 0.6 is 23.4 Å². The molecule has 1 amide bonds. The topological polar surface area (TPSA) is 75.3 Å². The van der Waals surface area contributed by atoms with Gasteiger partial charge in [-0.25, -0.2) is 0 Å². The lowest BCUT2D eigenvalue weighted by molar-refractivity contribution is -0.117. The van der Waals surface area contributed by atoms with E-state index >= 15 is 0 Å². The number of carbonyl (C=O) groups excluding carboxylic acids is 1. The number of furan rings is 1. The molecule has 3 rings (SSSR count). The third-order valence-corrected chi connectivity index (χ3v) is 4.98. The number of nitrogens with zero attached hydrogens (tertiary/aromatic N) is 1. The van der Waals surface area contributed by atoms with Crippen molar-refractivity contribution in [1.29, 1.82) is 5.26 Å². The van der Waals surface area contributed by atoms with Gasteiger partial charge in [0.1, 0.15) is 17.4 Å². The van der Waals surface area contributed by atoms with E-state index in [0.29, 0.717) is 22.4 Å². The van der Waals surface area contributed by atoms with E-state index < -0.39 is 5.91 Å². The third kappa shape index (κ3) is 5.15. The molecule has 0 unspecified atom stereocenters. The molecule has 2 heterocycles. The first-order valence-corrected chi connectivity index (χ1v) is 9.38. The predicted octanol–water partition coefficient (Wildman–Crippen LogP) is 4.29. The highest BCUT2D eigenvalue weighted by Gasteiger charge is 2.18. The van der Waals surface area contributed by atoms with Crippen LogP contribution < -0.4 is 5.32 Å². The molecule has 1 aliphatic rings. The Labute approximate surface area is 161 Å². The van der Waals surface area contributed by atoms with Crippen molar-refractivity contribution < 1.29 is 13.9 Å². The summed E-state index contributed by atoms with van der Waals surface area (Å²) in [7, 11) is 0. The summed E-state index contributed by atoms with van der Waals surface area (Å²) in [5.41, 5.74) is 0.000361. The fraction of sp³-hybridized carbons (Fsp3) is 0.263. The average Bonchev–Trinajstić information content (AvgIpc) is 3.31. The Hall–Kier alpha value is -2.20. The number of rotatable bonds is 6. The smallest absolute Gasteiger partial charge is 0.262 e. The van der Waals surface area contributed by atoms with Gasteiger partial charge in [-0.2, -0.15) is 5.26 Å². The first-order valence-electron chi connectivity index (χ1n) is 8.19. The summed E-state index contributed by atoms with van der Waals surface area (Å²) in [6.07, 6.45) is 3.40. The second-order valence-corrected chi connectivity index (χ2v) is 7.24. The van der Waals surface area contributed by atoms with Crippen molar-refractivity contribution in [1.82, 2.24) is 5.32 Å². The summed E-state index contributed by atoms with van der Waals surface area (Å²) in [6, 6.07) is 12.8. The summed E-state index contributed by atoms with van der Waals surface area (Å²) < 4.78 is 11.1. The van der Waals surface area contributed by atoms with Crippen LogP contribution in [0, 0.1) is 11.3 Å². The Kier molecular flexibility index (Phi) is 6.40. The number of amides is 1. The SMILES string of the molecule is N#C/C(=C/c1ccc(Sc2ccc(Cl)cc2)o1)C(=O)NC[C@@H]1CCCO1. The third-order valence-electron chi connectivity index (χ3n) is 3.80. The molecule has 2 aromatic rings. The second kappa shape index (κ2) is 8.95. The maximum absolute atomic E-state index is 12.1. The van der Waals surface area contributed by atoms with E-state index in [1.165, 1.54) is 17.8 Å². The average molecular weight is 389 g/mol. The number of nitriles is 1. The molecule has 0 saturated carbocycles. The van der Waals surface area contributed by atoms with Gasteiger partial charge < -0.3 is 14.5 Å². The molecule has 1 atom stereocenters. The standard InChI is InChI=1S/C19H17ClN2O3S/c20-14-3-6-17(7-4-14)26-18-8-5-15(25-18)10-13(11-21)19(23)22-12-16-2-1-9-24-16/h3-8,10,16H,1-2,9,12H2,(H,22,23)/b13-10-/t16-/m0/s1. The van der Waals surface area contributed by atoms with Crippen molar-refractivity contribution >= 4 is 35.3 Å². The highest BCUT2D eigenvalue weighted by Crippen LogP contribution is 2.30. The van der Waals surface area contributed by atoms with Gasteiger partial charge in [-0.3, -0.25) is 4.79 Å². The number of halogens is 1. The van der Waals surface area contributed by atoms with E-state index in [1.54, 1.807) is 24.3 Å². The van der Waals surface area contributed by atoms with Crippen molar-refractivity contribution in [3.63, 3.8) is 0 Å². The van der Waals surface area contributed by atoms with E-state index in [1.807, 2.05) is 18.2 Å². The molecule has 1 saturated heterocycles. The van der Waals surface area contributed by atoms with E-state index in [4.69, 9.17) is 20.8 Å². The van der Waals surface area contributed by atoms with Crippen LogP contribution in [-0.4, -0.2) is 25.2 Å². The lowest BCUT2D eigenvalue weighted by Gasteiger charge is -2.09. The lowest BCUT2D eigenvalue weighted by atomic mass is 10.2. The van der Waals surface area contributed by atoms with Gasteiger partial charge in [-0.1, -0.05) is 23.4 Å². The zero-order valence-electron chi connectivity index (χ0n) is 13.9.